The van der Waals surface area contributed by atoms with Crippen LogP contribution in [0.5, 0.6) is 0 Å². The lowest BCUT2D eigenvalue weighted by Gasteiger charge is -2.41. The van der Waals surface area contributed by atoms with Gasteiger partial charge in [-0.1, -0.05) is 91.0 Å². The molecule has 1 aliphatic carbocycles. The summed E-state index contributed by atoms with van der Waals surface area (Å²) in [6, 6.07) is 30.5. The summed E-state index contributed by atoms with van der Waals surface area (Å²) in [6.07, 6.45) is 15.3. The van der Waals surface area contributed by atoms with Crippen LogP contribution < -0.4 is 4.90 Å². The molecule has 2 aromatic heterocycles. The van der Waals surface area contributed by atoms with E-state index in [4.69, 9.17) is 14.8 Å². The van der Waals surface area contributed by atoms with Gasteiger partial charge >= 0.3 is 0 Å². The highest BCUT2D eigenvalue weighted by molar-refractivity contribution is 5.95. The van der Waals surface area contributed by atoms with Gasteiger partial charge in [-0.05, 0) is 54.7 Å². The molecule has 1 fully saturated rings. The third-order valence-electron chi connectivity index (χ3n) is 9.05. The molecule has 5 heteroatoms. The lowest BCUT2D eigenvalue weighted by molar-refractivity contribution is 0.121. The van der Waals surface area contributed by atoms with Crippen LogP contribution in [0.25, 0.3) is 22.0 Å². The van der Waals surface area contributed by atoms with Crippen LogP contribution in [0.1, 0.15) is 29.7 Å². The third kappa shape index (κ3) is 4.45. The molecule has 5 aromatic rings. The van der Waals surface area contributed by atoms with Crippen LogP contribution in [0.3, 0.4) is 0 Å². The van der Waals surface area contributed by atoms with Crippen molar-refractivity contribution in [2.24, 2.45) is 5.92 Å². The number of allylic oxidation sites excluding steroid dienone is 4. The van der Waals surface area contributed by atoms with Crippen molar-refractivity contribution in [1.82, 2.24) is 14.8 Å². The number of rotatable bonds is 7. The van der Waals surface area contributed by atoms with Gasteiger partial charge in [0.15, 0.2) is 0 Å². The van der Waals surface area contributed by atoms with Crippen molar-refractivity contribution in [3.63, 3.8) is 0 Å². The van der Waals surface area contributed by atoms with Gasteiger partial charge in [-0.15, -0.1) is 0 Å². The van der Waals surface area contributed by atoms with Crippen LogP contribution >= 0.6 is 0 Å². The predicted octanol–water partition coefficient (Wildman–Crippen LogP) is 7.56. The van der Waals surface area contributed by atoms with E-state index in [-0.39, 0.29) is 12.0 Å². The van der Waals surface area contributed by atoms with E-state index in [1.807, 2.05) is 13.3 Å². The first kappa shape index (κ1) is 26.4. The minimum Gasteiger partial charge on any atom is -0.380 e. The van der Waals surface area contributed by atoms with E-state index < -0.39 is 5.54 Å². The second-order valence-electron chi connectivity index (χ2n) is 11.4. The second-order valence-corrected chi connectivity index (χ2v) is 11.4. The van der Waals surface area contributed by atoms with E-state index in [1.165, 1.54) is 16.8 Å². The van der Waals surface area contributed by atoms with Gasteiger partial charge in [0.05, 0.1) is 17.3 Å². The maximum absolute atomic E-state index is 5.66. The number of methoxy groups -OCH3 is 1. The lowest BCUT2D eigenvalue weighted by Crippen LogP contribution is -2.43. The molecule has 2 aliphatic rings. The van der Waals surface area contributed by atoms with Crippen molar-refractivity contribution in [2.75, 3.05) is 25.1 Å². The van der Waals surface area contributed by atoms with Crippen LogP contribution in [0.4, 0.5) is 5.69 Å². The first-order valence-corrected chi connectivity index (χ1v) is 14.9. The molecule has 210 valence electrons. The fraction of sp³-hybridized carbons (Fsp3) is 0.243. The molecular formula is C37H36N4O. The Morgan fingerprint density at radius 3 is 2.33 bits per heavy atom. The van der Waals surface area contributed by atoms with E-state index in [0.29, 0.717) is 0 Å². The zero-order chi connectivity index (χ0) is 28.5. The highest BCUT2D eigenvalue weighted by Crippen LogP contribution is 2.45. The fourth-order valence-corrected chi connectivity index (χ4v) is 6.94. The molecule has 0 amide bonds. The van der Waals surface area contributed by atoms with Crippen molar-refractivity contribution < 1.29 is 4.74 Å². The molecule has 3 heterocycles. The average molecular weight is 553 g/mol. The van der Waals surface area contributed by atoms with E-state index in [0.717, 1.165) is 53.7 Å². The van der Waals surface area contributed by atoms with Gasteiger partial charge in [-0.2, -0.15) is 5.10 Å². The summed E-state index contributed by atoms with van der Waals surface area (Å²) in [4.78, 5) is 7.13. The zero-order valence-electron chi connectivity index (χ0n) is 24.2. The first-order valence-electron chi connectivity index (χ1n) is 14.9. The third-order valence-corrected chi connectivity index (χ3v) is 9.05. The van der Waals surface area contributed by atoms with Crippen LogP contribution in [-0.2, 0) is 10.3 Å². The Labute approximate surface area is 247 Å². The quantitative estimate of drug-likeness (QED) is 0.209. The van der Waals surface area contributed by atoms with Crippen molar-refractivity contribution in [2.45, 2.75) is 31.4 Å². The van der Waals surface area contributed by atoms with Crippen molar-refractivity contribution in [3.05, 3.63) is 138 Å². The van der Waals surface area contributed by atoms with Crippen LogP contribution in [0.15, 0.2) is 122 Å². The Bertz CT molecular complexity index is 1720. The van der Waals surface area contributed by atoms with E-state index in [1.54, 1.807) is 0 Å². The minimum absolute atomic E-state index is 0.191. The first-order chi connectivity index (χ1) is 20.7. The summed E-state index contributed by atoms with van der Waals surface area (Å²) >= 11 is 0. The van der Waals surface area contributed by atoms with Gasteiger partial charge in [-0.3, -0.25) is 9.67 Å². The summed E-state index contributed by atoms with van der Waals surface area (Å²) in [7, 11) is 1.81. The molecule has 0 radical (unpaired) electrons. The van der Waals surface area contributed by atoms with Crippen LogP contribution in [0, 0.1) is 12.8 Å². The molecule has 3 aromatic carbocycles. The molecule has 0 N–H and O–H groups in total. The molecule has 0 spiro atoms. The molecule has 1 saturated heterocycles. The number of nitrogens with zero attached hydrogens (tertiary/aromatic N) is 4. The summed E-state index contributed by atoms with van der Waals surface area (Å²) in [5, 5.41) is 6.47. The van der Waals surface area contributed by atoms with Crippen LogP contribution in [-0.4, -0.2) is 41.1 Å². The molecule has 0 saturated carbocycles. The zero-order valence-corrected chi connectivity index (χ0v) is 24.2. The molecule has 5 nitrogen and oxygen atoms in total. The molecule has 2 atom stereocenters. The van der Waals surface area contributed by atoms with Gasteiger partial charge in [0, 0.05) is 55.1 Å². The summed E-state index contributed by atoms with van der Waals surface area (Å²) in [6.45, 7) is 4.01. The number of aromatic nitrogens is 3. The number of pyridine rings is 1. The maximum atomic E-state index is 5.66. The fourth-order valence-electron chi connectivity index (χ4n) is 6.94. The largest absolute Gasteiger partial charge is 0.380 e. The number of aryl methyl sites for hydroxylation is 1. The van der Waals surface area contributed by atoms with E-state index in [2.05, 4.69) is 132 Å². The van der Waals surface area contributed by atoms with E-state index in [9.17, 15) is 0 Å². The molecule has 0 bridgehead atoms. The Morgan fingerprint density at radius 1 is 0.905 bits per heavy atom. The molecule has 42 heavy (non-hydrogen) atoms. The summed E-state index contributed by atoms with van der Waals surface area (Å²) < 4.78 is 7.89. The van der Waals surface area contributed by atoms with Gasteiger partial charge in [-0.25, -0.2) is 0 Å². The van der Waals surface area contributed by atoms with Gasteiger partial charge < -0.3 is 9.64 Å². The van der Waals surface area contributed by atoms with Gasteiger partial charge in [0.2, 0.25) is 0 Å². The second kappa shape index (κ2) is 11.1. The van der Waals surface area contributed by atoms with Crippen molar-refractivity contribution >= 4 is 16.6 Å². The van der Waals surface area contributed by atoms with Gasteiger partial charge in [0.1, 0.15) is 5.54 Å². The van der Waals surface area contributed by atoms with Crippen LogP contribution in [0.2, 0.25) is 0 Å². The SMILES string of the molecule is CO[C@@H]1CCN(c2ccnc3ccc(-c4cn(C(c5ccccc5)(c5ccccc5)C5C=CC=CC5)nc4C)cc23)C1. The smallest absolute Gasteiger partial charge is 0.119 e. The Kier molecular flexibility index (Phi) is 6.96. The molecule has 7 rings (SSSR count). The summed E-state index contributed by atoms with van der Waals surface area (Å²) in [5.41, 5.74) is 7.45. The van der Waals surface area contributed by atoms with Crippen molar-refractivity contribution in [3.8, 4) is 11.1 Å². The average Bonchev–Trinajstić information content (AvgIpc) is 3.69. The number of hydrogen-bond donors (Lipinski definition) is 0. The summed E-state index contributed by atoms with van der Waals surface area (Å²) in [5.74, 6) is 0.191. The van der Waals surface area contributed by atoms with E-state index >= 15 is 0 Å². The minimum atomic E-state index is -0.513. The lowest BCUT2D eigenvalue weighted by atomic mass is 9.70. The topological polar surface area (TPSA) is 43.2 Å². The van der Waals surface area contributed by atoms with Crippen molar-refractivity contribution in [1.29, 1.82) is 0 Å². The Morgan fingerprint density at radius 2 is 1.67 bits per heavy atom. The molecule has 1 aliphatic heterocycles. The number of benzene rings is 3. The Hall–Kier alpha value is -4.48. The monoisotopic (exact) mass is 552 g/mol. The van der Waals surface area contributed by atoms with Gasteiger partial charge in [0.25, 0.3) is 0 Å². The standard InChI is InChI=1S/C37H36N4O/c1-27-34(28-18-19-35-33(24-28)36(20-22-38-35)40-23-21-32(25-40)42-2)26-41(39-27)37(29-12-6-3-7-13-29,30-14-8-4-9-15-30)31-16-10-5-11-17-31/h3-16,18-20,22,24,26,31-32H,17,21,23,25H2,1-2H3/t31?,32-/m1/s1. The molecular weight excluding hydrogens is 516 g/mol. The number of fused-ring (bicyclic) bond motifs is 1. The number of anilines is 1. The number of hydrogen-bond acceptors (Lipinski definition) is 4. The number of ether oxygens (including phenoxy) is 1. The highest BCUT2D eigenvalue weighted by atomic mass is 16.5. The normalized spacial score (nSPS) is 18.7. The Balaban J connectivity index is 1.40. The highest BCUT2D eigenvalue weighted by Gasteiger charge is 2.44. The molecule has 1 unspecified atom stereocenters. The predicted molar refractivity (Wildman–Crippen MR) is 171 cm³/mol. The maximum Gasteiger partial charge on any atom is 0.119 e.